The first-order valence-electron chi connectivity index (χ1n) is 11.5. The minimum atomic E-state index is -0.363. The van der Waals surface area contributed by atoms with Crippen LogP contribution in [0.1, 0.15) is 38.1 Å². The molecule has 0 unspecified atom stereocenters. The van der Waals surface area contributed by atoms with Crippen LogP contribution in [0.5, 0.6) is 0 Å². The highest BCUT2D eigenvalue weighted by Gasteiger charge is 2.31. The van der Waals surface area contributed by atoms with Gasteiger partial charge in [-0.2, -0.15) is 5.10 Å². The number of imidazole rings is 1. The molecular formula is C24H32N6O3. The van der Waals surface area contributed by atoms with Crippen LogP contribution in [-0.2, 0) is 35.5 Å². The average molecular weight is 453 g/mol. The average Bonchev–Trinajstić information content (AvgIpc) is 3.45. The van der Waals surface area contributed by atoms with Gasteiger partial charge in [0.05, 0.1) is 23.8 Å². The molecule has 3 heterocycles. The number of benzene rings is 1. The number of hydrogen-bond donors (Lipinski definition) is 0. The largest absolute Gasteiger partial charge is 0.452 e. The van der Waals surface area contributed by atoms with Crippen LogP contribution in [0, 0.1) is 0 Å². The quantitative estimate of drug-likeness (QED) is 0.549. The van der Waals surface area contributed by atoms with E-state index in [1.807, 2.05) is 47.6 Å². The zero-order chi connectivity index (χ0) is 23.5. The lowest BCUT2D eigenvalue weighted by molar-refractivity contribution is -0.130. The second-order valence-corrected chi connectivity index (χ2v) is 8.61. The summed E-state index contributed by atoms with van der Waals surface area (Å²) in [6, 6.07) is 5.87. The van der Waals surface area contributed by atoms with Gasteiger partial charge in [-0.15, -0.1) is 0 Å². The highest BCUT2D eigenvalue weighted by molar-refractivity contribution is 5.95. The van der Waals surface area contributed by atoms with Crippen LogP contribution < -0.4 is 4.90 Å². The Kier molecular flexibility index (Phi) is 6.67. The van der Waals surface area contributed by atoms with Gasteiger partial charge in [-0.1, -0.05) is 6.92 Å². The Bertz CT molecular complexity index is 1140. The number of carbonyl (C=O) groups is 2. The molecule has 2 amide bonds. The number of methoxy groups -OCH3 is 1. The first-order chi connectivity index (χ1) is 15.9. The maximum Gasteiger partial charge on any atom is 0.414 e. The molecule has 1 aliphatic heterocycles. The number of hydrogen-bond acceptors (Lipinski definition) is 5. The Morgan fingerprint density at radius 1 is 1.30 bits per heavy atom. The monoisotopic (exact) mass is 452 g/mol. The molecule has 0 radical (unpaired) electrons. The summed E-state index contributed by atoms with van der Waals surface area (Å²) in [6.45, 7) is 5.71. The molecule has 33 heavy (non-hydrogen) atoms. The molecule has 0 saturated heterocycles. The van der Waals surface area contributed by atoms with Crippen LogP contribution in [0.25, 0.3) is 11.0 Å². The molecule has 1 atom stereocenters. The van der Waals surface area contributed by atoms with E-state index in [-0.39, 0.29) is 24.6 Å². The van der Waals surface area contributed by atoms with Crippen molar-refractivity contribution < 1.29 is 14.3 Å². The van der Waals surface area contributed by atoms with Gasteiger partial charge in [0, 0.05) is 50.6 Å². The highest BCUT2D eigenvalue weighted by Crippen LogP contribution is 2.36. The molecule has 2 aromatic heterocycles. The summed E-state index contributed by atoms with van der Waals surface area (Å²) < 4.78 is 8.93. The number of amides is 2. The van der Waals surface area contributed by atoms with E-state index in [1.165, 1.54) is 7.11 Å². The third-order valence-electron chi connectivity index (χ3n) is 6.37. The predicted molar refractivity (Wildman–Crippen MR) is 126 cm³/mol. The molecule has 0 saturated carbocycles. The number of likely N-dealkylation sites (N-methyl/N-ethyl adjacent to an activating group) is 1. The number of fused-ring (bicyclic) bond motifs is 3. The van der Waals surface area contributed by atoms with Gasteiger partial charge in [-0.25, -0.2) is 9.78 Å². The molecule has 176 valence electrons. The van der Waals surface area contributed by atoms with Crippen molar-refractivity contribution in [1.82, 2.24) is 24.2 Å². The predicted octanol–water partition coefficient (Wildman–Crippen LogP) is 3.25. The molecule has 0 fully saturated rings. The van der Waals surface area contributed by atoms with Crippen LogP contribution in [0.15, 0.2) is 30.6 Å². The van der Waals surface area contributed by atoms with Crippen molar-refractivity contribution >= 4 is 28.7 Å². The summed E-state index contributed by atoms with van der Waals surface area (Å²) in [5, 5.41) is 4.29. The summed E-state index contributed by atoms with van der Waals surface area (Å²) in [4.78, 5) is 33.9. The molecule has 9 heteroatoms. The molecule has 3 aromatic rings. The van der Waals surface area contributed by atoms with Crippen LogP contribution in [-0.4, -0.2) is 63.0 Å². The van der Waals surface area contributed by atoms with Crippen molar-refractivity contribution in [2.75, 3.05) is 25.6 Å². The minimum absolute atomic E-state index is 0.0491. The Balaban J connectivity index is 1.77. The number of anilines is 1. The number of aromatic nitrogens is 4. The molecule has 0 spiro atoms. The normalized spacial score (nSPS) is 15.5. The second kappa shape index (κ2) is 9.64. The lowest BCUT2D eigenvalue weighted by atomic mass is 9.96. The van der Waals surface area contributed by atoms with Crippen molar-refractivity contribution in [1.29, 1.82) is 0 Å². The summed E-state index contributed by atoms with van der Waals surface area (Å²) in [6.07, 6.45) is 6.52. The van der Waals surface area contributed by atoms with Crippen LogP contribution in [0.2, 0.25) is 0 Å². The standard InChI is InChI=1S/C24H32N6O3/c1-5-13-27(3)22(31)16-29-20-10-9-19-18(8-7-17(2)30(19)24(32)33-4)23(20)26-21(29)11-15-28-14-6-12-25-28/h6,9-10,12,14,17H,5,7-8,11,13,15-16H2,1-4H3/t17-/m0/s1. The Hall–Kier alpha value is -3.36. The SMILES string of the molecule is CCCN(C)C(=O)Cn1c(CCn2cccn2)nc2c3c(ccc21)N(C(=O)OC)[C@@H](C)CC3. The third-order valence-corrected chi connectivity index (χ3v) is 6.37. The summed E-state index contributed by atoms with van der Waals surface area (Å²) in [7, 11) is 3.24. The fraction of sp³-hybridized carbons (Fsp3) is 0.500. The number of rotatable bonds is 7. The van der Waals surface area contributed by atoms with E-state index in [9.17, 15) is 9.59 Å². The second-order valence-electron chi connectivity index (χ2n) is 8.61. The van der Waals surface area contributed by atoms with E-state index < -0.39 is 0 Å². The first kappa shape index (κ1) is 22.8. The fourth-order valence-corrected chi connectivity index (χ4v) is 4.58. The van der Waals surface area contributed by atoms with Gasteiger partial charge in [0.25, 0.3) is 0 Å². The zero-order valence-corrected chi connectivity index (χ0v) is 19.8. The smallest absolute Gasteiger partial charge is 0.414 e. The van der Waals surface area contributed by atoms with E-state index in [2.05, 4.69) is 12.0 Å². The van der Waals surface area contributed by atoms with Crippen molar-refractivity contribution in [2.45, 2.75) is 58.7 Å². The van der Waals surface area contributed by atoms with Crippen molar-refractivity contribution in [3.8, 4) is 0 Å². The van der Waals surface area contributed by atoms with Crippen molar-refractivity contribution in [3.05, 3.63) is 42.0 Å². The molecule has 1 aromatic carbocycles. The van der Waals surface area contributed by atoms with Crippen LogP contribution >= 0.6 is 0 Å². The van der Waals surface area contributed by atoms with Crippen LogP contribution in [0.4, 0.5) is 10.5 Å². The summed E-state index contributed by atoms with van der Waals surface area (Å²) in [5.41, 5.74) is 3.65. The van der Waals surface area contributed by atoms with Crippen molar-refractivity contribution in [2.24, 2.45) is 0 Å². The number of carbonyl (C=O) groups excluding carboxylic acids is 2. The van der Waals surface area contributed by atoms with E-state index in [0.29, 0.717) is 13.0 Å². The van der Waals surface area contributed by atoms with E-state index in [1.54, 1.807) is 16.0 Å². The summed E-state index contributed by atoms with van der Waals surface area (Å²) in [5.74, 6) is 0.898. The van der Waals surface area contributed by atoms with E-state index >= 15 is 0 Å². The maximum absolute atomic E-state index is 12.9. The van der Waals surface area contributed by atoms with Gasteiger partial charge in [0.1, 0.15) is 12.4 Å². The number of nitrogens with zero attached hydrogens (tertiary/aromatic N) is 6. The van der Waals surface area contributed by atoms with Gasteiger partial charge in [-0.3, -0.25) is 14.4 Å². The molecule has 1 aliphatic rings. The summed E-state index contributed by atoms with van der Waals surface area (Å²) >= 11 is 0. The zero-order valence-electron chi connectivity index (χ0n) is 19.8. The van der Waals surface area contributed by atoms with Gasteiger partial charge in [0.2, 0.25) is 5.91 Å². The molecule has 0 bridgehead atoms. The van der Waals surface area contributed by atoms with Gasteiger partial charge >= 0.3 is 6.09 Å². The Morgan fingerprint density at radius 3 is 2.82 bits per heavy atom. The molecular weight excluding hydrogens is 420 g/mol. The fourth-order valence-electron chi connectivity index (χ4n) is 4.58. The number of ether oxygens (including phenoxy) is 1. The van der Waals surface area contributed by atoms with E-state index in [4.69, 9.17) is 9.72 Å². The molecule has 0 aliphatic carbocycles. The maximum atomic E-state index is 12.9. The number of aryl methyl sites for hydroxylation is 3. The minimum Gasteiger partial charge on any atom is -0.452 e. The Labute approximate surface area is 193 Å². The third kappa shape index (κ3) is 4.44. The molecule has 9 nitrogen and oxygen atoms in total. The molecule has 4 rings (SSSR count). The lowest BCUT2D eigenvalue weighted by Crippen LogP contribution is -2.42. The molecule has 0 N–H and O–H groups in total. The van der Waals surface area contributed by atoms with Gasteiger partial charge in [0.15, 0.2) is 0 Å². The Morgan fingerprint density at radius 2 is 2.12 bits per heavy atom. The highest BCUT2D eigenvalue weighted by atomic mass is 16.5. The topological polar surface area (TPSA) is 85.5 Å². The van der Waals surface area contributed by atoms with Gasteiger partial charge in [-0.05, 0) is 44.4 Å². The lowest BCUT2D eigenvalue weighted by Gasteiger charge is -2.34. The van der Waals surface area contributed by atoms with Crippen LogP contribution in [0.3, 0.4) is 0 Å². The first-order valence-corrected chi connectivity index (χ1v) is 11.5. The van der Waals surface area contributed by atoms with E-state index in [0.717, 1.165) is 53.9 Å². The van der Waals surface area contributed by atoms with Gasteiger partial charge < -0.3 is 14.2 Å². The van der Waals surface area contributed by atoms with Crippen molar-refractivity contribution in [3.63, 3.8) is 0 Å².